The summed E-state index contributed by atoms with van der Waals surface area (Å²) < 4.78 is 13.9. The van der Waals surface area contributed by atoms with E-state index in [9.17, 15) is 4.39 Å². The fourth-order valence-corrected chi connectivity index (χ4v) is 2.69. The lowest BCUT2D eigenvalue weighted by molar-refractivity contribution is 0.190. The number of nitrogens with two attached hydrogens (primary N) is 1. The summed E-state index contributed by atoms with van der Waals surface area (Å²) in [7, 11) is 2.13. The van der Waals surface area contributed by atoms with Gasteiger partial charge in [0.1, 0.15) is 5.82 Å². The number of likely N-dealkylation sites (tertiary alicyclic amines) is 1. The molecule has 18 heavy (non-hydrogen) atoms. The van der Waals surface area contributed by atoms with Crippen LogP contribution in [0.4, 0.5) is 15.8 Å². The summed E-state index contributed by atoms with van der Waals surface area (Å²) >= 11 is 3.13. The van der Waals surface area contributed by atoms with Gasteiger partial charge in [-0.25, -0.2) is 4.39 Å². The highest BCUT2D eigenvalue weighted by molar-refractivity contribution is 9.10. The summed E-state index contributed by atoms with van der Waals surface area (Å²) in [5.74, 6) is -0.285. The van der Waals surface area contributed by atoms with Gasteiger partial charge in [-0.05, 0) is 48.8 Å². The molecule has 1 aliphatic rings. The zero-order chi connectivity index (χ0) is 13.3. The molecule has 0 aliphatic carbocycles. The predicted molar refractivity (Wildman–Crippen MR) is 77.2 cm³/mol. The SMILES string of the molecule is CC1CC(Nc2cc(F)c(Br)cc2N)CCN1C. The van der Waals surface area contributed by atoms with Gasteiger partial charge in [0.15, 0.2) is 0 Å². The van der Waals surface area contributed by atoms with E-state index in [4.69, 9.17) is 5.73 Å². The number of piperidine rings is 1. The van der Waals surface area contributed by atoms with Crippen LogP contribution >= 0.6 is 15.9 Å². The van der Waals surface area contributed by atoms with Crippen molar-refractivity contribution in [3.8, 4) is 0 Å². The van der Waals surface area contributed by atoms with E-state index in [1.54, 1.807) is 6.07 Å². The van der Waals surface area contributed by atoms with Gasteiger partial charge in [0.2, 0.25) is 0 Å². The van der Waals surface area contributed by atoms with E-state index in [-0.39, 0.29) is 5.82 Å². The van der Waals surface area contributed by atoms with Crippen molar-refractivity contribution in [3.05, 3.63) is 22.4 Å². The number of hydrogen-bond acceptors (Lipinski definition) is 3. The van der Waals surface area contributed by atoms with E-state index in [1.807, 2.05) is 0 Å². The van der Waals surface area contributed by atoms with Crippen LogP contribution in [-0.2, 0) is 0 Å². The molecule has 1 aromatic carbocycles. The summed E-state index contributed by atoms with van der Waals surface area (Å²) in [6, 6.07) is 3.97. The molecule has 1 aromatic rings. The average molecular weight is 316 g/mol. The normalized spacial score (nSPS) is 25.1. The molecule has 3 nitrogen and oxygen atoms in total. The first-order chi connectivity index (χ1) is 8.47. The molecule has 1 saturated heterocycles. The lowest BCUT2D eigenvalue weighted by atomic mass is 9.98. The van der Waals surface area contributed by atoms with Gasteiger partial charge in [0, 0.05) is 24.7 Å². The predicted octanol–water partition coefficient (Wildman–Crippen LogP) is 3.07. The van der Waals surface area contributed by atoms with Crippen LogP contribution in [0.5, 0.6) is 0 Å². The monoisotopic (exact) mass is 315 g/mol. The second-order valence-electron chi connectivity index (χ2n) is 5.05. The molecule has 100 valence electrons. The first-order valence-corrected chi connectivity index (χ1v) is 6.98. The minimum Gasteiger partial charge on any atom is -0.397 e. The first-order valence-electron chi connectivity index (χ1n) is 6.18. The van der Waals surface area contributed by atoms with Crippen molar-refractivity contribution in [2.75, 3.05) is 24.6 Å². The number of hydrogen-bond donors (Lipinski definition) is 2. The molecule has 0 saturated carbocycles. The summed E-state index contributed by atoms with van der Waals surface area (Å²) in [6.45, 7) is 3.26. The van der Waals surface area contributed by atoms with Crippen molar-refractivity contribution < 1.29 is 4.39 Å². The maximum atomic E-state index is 13.5. The van der Waals surface area contributed by atoms with Crippen LogP contribution in [0.3, 0.4) is 0 Å². The summed E-state index contributed by atoms with van der Waals surface area (Å²) in [5.41, 5.74) is 7.17. The first kappa shape index (κ1) is 13.6. The van der Waals surface area contributed by atoms with Gasteiger partial charge in [-0.2, -0.15) is 0 Å². The molecule has 0 radical (unpaired) electrons. The third-order valence-corrected chi connectivity index (χ3v) is 4.27. The Morgan fingerprint density at radius 1 is 1.50 bits per heavy atom. The lowest BCUT2D eigenvalue weighted by Crippen LogP contribution is -2.42. The van der Waals surface area contributed by atoms with Crippen molar-refractivity contribution in [2.24, 2.45) is 0 Å². The van der Waals surface area contributed by atoms with E-state index in [0.717, 1.165) is 19.4 Å². The second-order valence-corrected chi connectivity index (χ2v) is 5.90. The Bertz CT molecular complexity index is 438. The van der Waals surface area contributed by atoms with Gasteiger partial charge < -0.3 is 16.0 Å². The highest BCUT2D eigenvalue weighted by atomic mass is 79.9. The van der Waals surface area contributed by atoms with Crippen LogP contribution in [-0.4, -0.2) is 30.6 Å². The Labute approximate surface area is 116 Å². The fourth-order valence-electron chi connectivity index (χ4n) is 2.33. The Kier molecular flexibility index (Phi) is 4.12. The van der Waals surface area contributed by atoms with Crippen molar-refractivity contribution >= 4 is 27.3 Å². The molecule has 1 aliphatic heterocycles. The molecule has 1 heterocycles. The number of nitrogens with one attached hydrogen (secondary N) is 1. The van der Waals surface area contributed by atoms with Gasteiger partial charge in [0.25, 0.3) is 0 Å². The second kappa shape index (κ2) is 5.45. The maximum Gasteiger partial charge on any atom is 0.139 e. The summed E-state index contributed by atoms with van der Waals surface area (Å²) in [5, 5.41) is 3.36. The molecule has 0 spiro atoms. The van der Waals surface area contributed by atoms with Gasteiger partial charge in [-0.1, -0.05) is 0 Å². The molecule has 2 unspecified atom stereocenters. The highest BCUT2D eigenvalue weighted by Crippen LogP contribution is 2.28. The standard InChI is InChI=1S/C13H19BrFN3/c1-8-5-9(3-4-18(8)2)17-13-7-11(15)10(14)6-12(13)16/h6-9,17H,3-5,16H2,1-2H3. The van der Waals surface area contributed by atoms with E-state index < -0.39 is 0 Å². The number of nitrogens with zero attached hydrogens (tertiary/aromatic N) is 1. The minimum atomic E-state index is -0.285. The smallest absolute Gasteiger partial charge is 0.139 e. The number of benzene rings is 1. The molecule has 2 atom stereocenters. The van der Waals surface area contributed by atoms with Gasteiger partial charge in [-0.3, -0.25) is 0 Å². The van der Waals surface area contributed by atoms with E-state index >= 15 is 0 Å². The number of rotatable bonds is 2. The molecule has 1 fully saturated rings. The third kappa shape index (κ3) is 2.95. The summed E-state index contributed by atoms with van der Waals surface area (Å²) in [4.78, 5) is 2.34. The molecule has 0 bridgehead atoms. The average Bonchev–Trinajstić information content (AvgIpc) is 2.31. The van der Waals surface area contributed by atoms with Gasteiger partial charge >= 0.3 is 0 Å². The summed E-state index contributed by atoms with van der Waals surface area (Å²) in [6.07, 6.45) is 2.10. The maximum absolute atomic E-state index is 13.5. The van der Waals surface area contributed by atoms with Crippen LogP contribution in [0.15, 0.2) is 16.6 Å². The minimum absolute atomic E-state index is 0.285. The number of halogens is 2. The van der Waals surface area contributed by atoms with Crippen LogP contribution in [0.25, 0.3) is 0 Å². The van der Waals surface area contributed by atoms with E-state index in [0.29, 0.717) is 27.9 Å². The van der Waals surface area contributed by atoms with Crippen molar-refractivity contribution in [3.63, 3.8) is 0 Å². The highest BCUT2D eigenvalue weighted by Gasteiger charge is 2.23. The zero-order valence-electron chi connectivity index (χ0n) is 10.7. The molecule has 0 amide bonds. The molecule has 0 aromatic heterocycles. The molecule has 3 N–H and O–H groups in total. The topological polar surface area (TPSA) is 41.3 Å². The van der Waals surface area contributed by atoms with Crippen LogP contribution in [0, 0.1) is 5.82 Å². The molecular formula is C13H19BrFN3. The largest absolute Gasteiger partial charge is 0.397 e. The van der Waals surface area contributed by atoms with Crippen molar-refractivity contribution in [1.29, 1.82) is 0 Å². The van der Waals surface area contributed by atoms with Crippen molar-refractivity contribution in [1.82, 2.24) is 4.90 Å². The Morgan fingerprint density at radius 2 is 2.22 bits per heavy atom. The quantitative estimate of drug-likeness (QED) is 0.824. The third-order valence-electron chi connectivity index (χ3n) is 3.66. The number of nitrogen functional groups attached to an aromatic ring is 1. The molecule has 5 heteroatoms. The van der Waals surface area contributed by atoms with Crippen molar-refractivity contribution in [2.45, 2.75) is 31.8 Å². The Balaban J connectivity index is 2.08. The van der Waals surface area contributed by atoms with Crippen LogP contribution in [0.2, 0.25) is 0 Å². The Morgan fingerprint density at radius 3 is 2.89 bits per heavy atom. The van der Waals surface area contributed by atoms with E-state index in [1.165, 1.54) is 6.07 Å². The molecule has 2 rings (SSSR count). The van der Waals surface area contributed by atoms with Crippen LogP contribution in [0.1, 0.15) is 19.8 Å². The lowest BCUT2D eigenvalue weighted by Gasteiger charge is -2.36. The number of anilines is 2. The van der Waals surface area contributed by atoms with Gasteiger partial charge in [-0.15, -0.1) is 0 Å². The van der Waals surface area contributed by atoms with Crippen LogP contribution < -0.4 is 11.1 Å². The molecular weight excluding hydrogens is 297 g/mol. The van der Waals surface area contributed by atoms with E-state index in [2.05, 4.69) is 40.1 Å². The van der Waals surface area contributed by atoms with Gasteiger partial charge in [0.05, 0.1) is 15.8 Å². The zero-order valence-corrected chi connectivity index (χ0v) is 12.3. The fraction of sp³-hybridized carbons (Fsp3) is 0.538. The Hall–Kier alpha value is -0.810.